The molecule has 2 aromatic heterocycles. The number of benzene rings is 2. The predicted octanol–water partition coefficient (Wildman–Crippen LogP) is 2.44. The molecule has 0 radical (unpaired) electrons. The van der Waals surface area contributed by atoms with Crippen molar-refractivity contribution in [1.82, 2.24) is 19.8 Å². The van der Waals surface area contributed by atoms with E-state index in [1.165, 1.54) is 9.80 Å². The van der Waals surface area contributed by atoms with Crippen LogP contribution < -0.4 is 0 Å². The number of carbonyl (C=O) groups excluding carboxylic acids is 4. The Labute approximate surface area is 217 Å². The Kier molecular flexibility index (Phi) is 7.66. The molecule has 0 aliphatic carbocycles. The molecule has 0 atom stereocenters. The van der Waals surface area contributed by atoms with Crippen LogP contribution in [-0.4, -0.2) is 67.8 Å². The van der Waals surface area contributed by atoms with Crippen molar-refractivity contribution in [2.24, 2.45) is 0 Å². The molecule has 2 aliphatic heterocycles. The van der Waals surface area contributed by atoms with E-state index in [1.807, 2.05) is 0 Å². The molecule has 4 heterocycles. The smallest absolute Gasteiger partial charge is 0.261 e. The van der Waals surface area contributed by atoms with Crippen molar-refractivity contribution < 1.29 is 29.4 Å². The van der Waals surface area contributed by atoms with E-state index in [1.54, 1.807) is 73.3 Å². The zero-order chi connectivity index (χ0) is 27.4. The van der Waals surface area contributed by atoms with Crippen LogP contribution >= 0.6 is 0 Å². The van der Waals surface area contributed by atoms with E-state index in [2.05, 4.69) is 9.97 Å². The third-order valence-corrected chi connectivity index (χ3v) is 6.24. The van der Waals surface area contributed by atoms with Crippen molar-refractivity contribution in [3.63, 3.8) is 0 Å². The van der Waals surface area contributed by atoms with Crippen molar-refractivity contribution in [3.05, 3.63) is 107 Å². The maximum Gasteiger partial charge on any atom is 0.261 e. The van der Waals surface area contributed by atoms with E-state index in [0.29, 0.717) is 33.0 Å². The summed E-state index contributed by atoms with van der Waals surface area (Å²) in [6, 6.07) is 13.2. The number of hydrogen-bond donors (Lipinski definition) is 2. The van der Waals surface area contributed by atoms with E-state index in [9.17, 15) is 19.2 Å². The molecule has 0 bridgehead atoms. The van der Waals surface area contributed by atoms with E-state index >= 15 is 0 Å². The highest BCUT2D eigenvalue weighted by Crippen LogP contribution is 2.38. The van der Waals surface area contributed by atoms with Gasteiger partial charge in [0.15, 0.2) is 0 Å². The molecule has 192 valence electrons. The van der Waals surface area contributed by atoms with Crippen LogP contribution in [-0.2, 0) is 13.1 Å². The van der Waals surface area contributed by atoms with E-state index < -0.39 is 23.6 Å². The molecule has 6 rings (SSSR count). The molecule has 0 saturated heterocycles. The lowest BCUT2D eigenvalue weighted by Crippen LogP contribution is -2.42. The number of carbonyl (C=O) groups is 4. The third kappa shape index (κ3) is 4.32. The van der Waals surface area contributed by atoms with Crippen molar-refractivity contribution in [2.45, 2.75) is 13.1 Å². The van der Waals surface area contributed by atoms with Crippen LogP contribution in [0.25, 0.3) is 10.8 Å². The van der Waals surface area contributed by atoms with Crippen molar-refractivity contribution in [2.75, 3.05) is 14.2 Å². The molecule has 38 heavy (non-hydrogen) atoms. The fourth-order valence-electron chi connectivity index (χ4n) is 4.60. The highest BCUT2D eigenvalue weighted by molar-refractivity contribution is 6.33. The van der Waals surface area contributed by atoms with Crippen molar-refractivity contribution in [1.29, 1.82) is 0 Å². The van der Waals surface area contributed by atoms with Gasteiger partial charge < -0.3 is 10.2 Å². The summed E-state index contributed by atoms with van der Waals surface area (Å²) in [5, 5.41) is 14.7. The molecule has 4 aromatic rings. The predicted molar refractivity (Wildman–Crippen MR) is 137 cm³/mol. The molecule has 10 heteroatoms. The lowest BCUT2D eigenvalue weighted by atomic mass is 9.85. The minimum atomic E-state index is -0.461. The number of hydrogen-bond acceptors (Lipinski definition) is 8. The molecule has 2 aliphatic rings. The van der Waals surface area contributed by atoms with Gasteiger partial charge in [0.05, 0.1) is 13.1 Å². The fraction of sp³-hybridized carbons (Fsp3) is 0.143. The molecular formula is C28H24N4O6. The Bertz CT molecular complexity index is 1350. The first-order valence-electron chi connectivity index (χ1n) is 11.5. The molecule has 2 aromatic carbocycles. The average Bonchev–Trinajstić information content (AvgIpc) is 2.98. The summed E-state index contributed by atoms with van der Waals surface area (Å²) >= 11 is 0. The summed E-state index contributed by atoms with van der Waals surface area (Å²) < 4.78 is 0. The molecule has 4 amide bonds. The Morgan fingerprint density at radius 2 is 0.763 bits per heavy atom. The molecule has 0 spiro atoms. The lowest BCUT2D eigenvalue weighted by Gasteiger charge is -2.32. The van der Waals surface area contributed by atoms with Gasteiger partial charge in [-0.2, -0.15) is 0 Å². The molecule has 0 fully saturated rings. The van der Waals surface area contributed by atoms with Crippen LogP contribution in [0, 0.1) is 0 Å². The lowest BCUT2D eigenvalue weighted by molar-refractivity contribution is 0.0577. The molecular weight excluding hydrogens is 488 g/mol. The monoisotopic (exact) mass is 512 g/mol. The highest BCUT2D eigenvalue weighted by atomic mass is 16.2. The first-order chi connectivity index (χ1) is 18.5. The maximum atomic E-state index is 13.3. The van der Waals surface area contributed by atoms with Crippen LogP contribution in [0.4, 0.5) is 0 Å². The summed E-state index contributed by atoms with van der Waals surface area (Å²) in [6.07, 6.45) is 6.40. The number of pyridine rings is 2. The number of aromatic nitrogens is 2. The molecule has 10 nitrogen and oxygen atoms in total. The minimum Gasteiger partial charge on any atom is -0.400 e. The first-order valence-corrected chi connectivity index (χ1v) is 11.5. The van der Waals surface area contributed by atoms with Gasteiger partial charge in [-0.15, -0.1) is 0 Å². The van der Waals surface area contributed by atoms with Crippen LogP contribution in [0.15, 0.2) is 73.3 Å². The molecule has 2 N–H and O–H groups in total. The second-order valence-corrected chi connectivity index (χ2v) is 8.18. The SMILES string of the molecule is CO.CO.O=C1c2ccc3c4c(ccc(c24)C(=O)N1Cc1ccncc1)C(=O)N(Cc1ccncc1)C3=O. The van der Waals surface area contributed by atoms with Gasteiger partial charge in [-0.1, -0.05) is 0 Å². The summed E-state index contributed by atoms with van der Waals surface area (Å²) in [5.74, 6) is -1.84. The van der Waals surface area contributed by atoms with Crippen molar-refractivity contribution in [3.8, 4) is 0 Å². The number of imide groups is 2. The summed E-state index contributed by atoms with van der Waals surface area (Å²) in [7, 11) is 2.00. The fourth-order valence-corrected chi connectivity index (χ4v) is 4.60. The number of amides is 4. The summed E-state index contributed by atoms with van der Waals surface area (Å²) in [4.78, 5) is 63.6. The summed E-state index contributed by atoms with van der Waals surface area (Å²) in [5.41, 5.74) is 2.73. The maximum absolute atomic E-state index is 13.3. The van der Waals surface area contributed by atoms with Crippen LogP contribution in [0.3, 0.4) is 0 Å². The largest absolute Gasteiger partial charge is 0.400 e. The number of rotatable bonds is 4. The van der Waals surface area contributed by atoms with Gasteiger partial charge in [0, 0.05) is 72.0 Å². The number of aliphatic hydroxyl groups excluding tert-OH is 2. The average molecular weight is 513 g/mol. The van der Waals surface area contributed by atoms with Gasteiger partial charge in [-0.05, 0) is 59.7 Å². The zero-order valence-corrected chi connectivity index (χ0v) is 20.7. The second-order valence-electron chi connectivity index (χ2n) is 8.18. The van der Waals surface area contributed by atoms with Gasteiger partial charge in [0.1, 0.15) is 0 Å². The Morgan fingerprint density at radius 3 is 1.03 bits per heavy atom. The Hall–Kier alpha value is -4.80. The van der Waals surface area contributed by atoms with E-state index in [4.69, 9.17) is 10.2 Å². The molecule has 0 unspecified atom stereocenters. The van der Waals surface area contributed by atoms with Crippen molar-refractivity contribution >= 4 is 34.4 Å². The number of nitrogens with zero attached hydrogens (tertiary/aromatic N) is 4. The third-order valence-electron chi connectivity index (χ3n) is 6.24. The Balaban J connectivity index is 0.000000804. The normalized spacial score (nSPS) is 13.6. The van der Waals surface area contributed by atoms with E-state index in [0.717, 1.165) is 25.3 Å². The molecule has 0 saturated carbocycles. The van der Waals surface area contributed by atoms with Gasteiger partial charge in [-0.3, -0.25) is 38.9 Å². The second kappa shape index (κ2) is 11.1. The first kappa shape index (κ1) is 26.3. The van der Waals surface area contributed by atoms with Crippen LogP contribution in [0.1, 0.15) is 52.6 Å². The summed E-state index contributed by atoms with van der Waals surface area (Å²) in [6.45, 7) is 0.199. The minimum absolute atomic E-state index is 0.0994. The standard InChI is InChI=1S/C26H16N4O4.2CH4O/c31-23-17-1-2-18-22-20(26(34)30(24(18)32)14-16-7-11-28-12-8-16)4-3-19(21(17)22)25(33)29(23)13-15-5-9-27-10-6-15;2*1-2/h1-12H,13-14H2;2*2H,1H3. The highest BCUT2D eigenvalue weighted by Gasteiger charge is 2.39. The van der Waals surface area contributed by atoms with Gasteiger partial charge in [0.2, 0.25) is 0 Å². The zero-order valence-electron chi connectivity index (χ0n) is 20.7. The van der Waals surface area contributed by atoms with Crippen LogP contribution in [0.2, 0.25) is 0 Å². The van der Waals surface area contributed by atoms with Gasteiger partial charge >= 0.3 is 0 Å². The quantitative estimate of drug-likeness (QED) is 0.397. The van der Waals surface area contributed by atoms with Gasteiger partial charge in [-0.25, -0.2) is 0 Å². The van der Waals surface area contributed by atoms with Crippen LogP contribution in [0.5, 0.6) is 0 Å². The van der Waals surface area contributed by atoms with Gasteiger partial charge in [0.25, 0.3) is 23.6 Å². The van der Waals surface area contributed by atoms with E-state index in [-0.39, 0.29) is 13.1 Å². The topological polar surface area (TPSA) is 141 Å². The number of aliphatic hydroxyl groups is 2. The Morgan fingerprint density at radius 1 is 0.500 bits per heavy atom.